The number of hydrogen-bond acceptors (Lipinski definition) is 6. The number of aromatic nitrogens is 2. The van der Waals surface area contributed by atoms with Gasteiger partial charge in [-0.05, 0) is 54.7 Å². The largest absolute Gasteiger partial charge is 0.366 e. The number of sulfonamides is 1. The molecule has 0 spiro atoms. The van der Waals surface area contributed by atoms with Crippen molar-refractivity contribution >= 4 is 44.7 Å². The summed E-state index contributed by atoms with van der Waals surface area (Å²) >= 11 is 5.51. The molecule has 1 aromatic heterocycles. The Labute approximate surface area is 191 Å². The number of para-hydroxylation sites is 1. The van der Waals surface area contributed by atoms with Crippen molar-refractivity contribution in [2.24, 2.45) is 0 Å². The molecule has 1 saturated heterocycles. The van der Waals surface area contributed by atoms with Crippen molar-refractivity contribution in [2.75, 3.05) is 41.1 Å². The van der Waals surface area contributed by atoms with Gasteiger partial charge in [-0.2, -0.15) is 0 Å². The van der Waals surface area contributed by atoms with E-state index < -0.39 is 10.0 Å². The molecule has 0 bridgehead atoms. The van der Waals surface area contributed by atoms with Gasteiger partial charge in [0.1, 0.15) is 5.82 Å². The third kappa shape index (κ3) is 5.11. The number of piperazine rings is 1. The summed E-state index contributed by atoms with van der Waals surface area (Å²) in [5.41, 5.74) is 1.26. The number of thiocarbonyl (C=S) groups is 1. The number of hydrogen-bond donors (Lipinski definition) is 2. The van der Waals surface area contributed by atoms with Crippen molar-refractivity contribution in [1.82, 2.24) is 14.9 Å². The van der Waals surface area contributed by atoms with Gasteiger partial charge in [0, 0.05) is 44.3 Å². The first kappa shape index (κ1) is 21.9. The minimum atomic E-state index is -3.80. The Hall–Kier alpha value is -3.31. The first-order valence-electron chi connectivity index (χ1n) is 9.88. The zero-order chi connectivity index (χ0) is 22.6. The van der Waals surface area contributed by atoms with Crippen LogP contribution in [0.2, 0.25) is 0 Å². The van der Waals surface area contributed by atoms with Crippen LogP contribution in [0, 0.1) is 5.82 Å². The maximum Gasteiger partial charge on any atom is 0.264 e. The van der Waals surface area contributed by atoms with E-state index in [1.54, 1.807) is 30.3 Å². The van der Waals surface area contributed by atoms with E-state index in [0.717, 1.165) is 0 Å². The Morgan fingerprint density at radius 3 is 2.25 bits per heavy atom. The van der Waals surface area contributed by atoms with Crippen molar-refractivity contribution in [3.05, 3.63) is 72.8 Å². The molecule has 1 fully saturated rings. The number of anilines is 3. The molecule has 0 aliphatic carbocycles. The molecule has 0 atom stereocenters. The van der Waals surface area contributed by atoms with E-state index in [-0.39, 0.29) is 16.7 Å². The Bertz CT molecular complexity index is 1180. The summed E-state index contributed by atoms with van der Waals surface area (Å²) in [7, 11) is -3.80. The second-order valence-electron chi connectivity index (χ2n) is 7.06. The van der Waals surface area contributed by atoms with Gasteiger partial charge >= 0.3 is 0 Å². The fourth-order valence-electron chi connectivity index (χ4n) is 3.31. The molecule has 4 rings (SSSR count). The van der Waals surface area contributed by atoms with Crippen LogP contribution in [0.1, 0.15) is 0 Å². The van der Waals surface area contributed by atoms with Crippen LogP contribution in [-0.4, -0.2) is 54.6 Å². The van der Waals surface area contributed by atoms with E-state index in [1.807, 2.05) is 15.9 Å². The predicted molar refractivity (Wildman–Crippen MR) is 126 cm³/mol. The summed E-state index contributed by atoms with van der Waals surface area (Å²) in [6.07, 6.45) is 2.91. The Morgan fingerprint density at radius 2 is 1.59 bits per heavy atom. The molecule has 32 heavy (non-hydrogen) atoms. The lowest BCUT2D eigenvalue weighted by Crippen LogP contribution is -2.50. The van der Waals surface area contributed by atoms with Crippen LogP contribution >= 0.6 is 12.2 Å². The van der Waals surface area contributed by atoms with Gasteiger partial charge in [-0.25, -0.2) is 27.5 Å². The minimum Gasteiger partial charge on any atom is -0.366 e. The highest BCUT2D eigenvalue weighted by Crippen LogP contribution is 2.21. The molecule has 0 saturated carbocycles. The molecule has 2 heterocycles. The van der Waals surface area contributed by atoms with Crippen LogP contribution in [0.5, 0.6) is 0 Å². The van der Waals surface area contributed by atoms with Crippen molar-refractivity contribution in [3.8, 4) is 0 Å². The van der Waals surface area contributed by atoms with Crippen LogP contribution in [0.15, 0.2) is 71.9 Å². The molecule has 0 unspecified atom stereocenters. The minimum absolute atomic E-state index is 0.00501. The maximum atomic E-state index is 14.0. The second kappa shape index (κ2) is 9.45. The van der Waals surface area contributed by atoms with Gasteiger partial charge in [-0.3, -0.25) is 0 Å². The van der Waals surface area contributed by atoms with E-state index in [1.165, 1.54) is 30.6 Å². The normalized spacial score (nSPS) is 14.2. The molecule has 2 N–H and O–H groups in total. The van der Waals surface area contributed by atoms with E-state index >= 15 is 0 Å². The van der Waals surface area contributed by atoms with E-state index in [0.29, 0.717) is 42.7 Å². The fourth-order valence-corrected chi connectivity index (χ4v) is 4.57. The average molecular weight is 473 g/mol. The lowest BCUT2D eigenvalue weighted by Gasteiger charge is -2.37. The topological polar surface area (TPSA) is 90.5 Å². The van der Waals surface area contributed by atoms with Crippen LogP contribution < -0.4 is 14.9 Å². The lowest BCUT2D eigenvalue weighted by atomic mass is 10.2. The van der Waals surface area contributed by atoms with E-state index in [4.69, 9.17) is 12.2 Å². The molecular formula is C21H21FN6O2S2. The van der Waals surface area contributed by atoms with Gasteiger partial charge in [0.15, 0.2) is 5.11 Å². The number of halogens is 1. The van der Waals surface area contributed by atoms with Crippen molar-refractivity contribution in [2.45, 2.75) is 4.90 Å². The van der Waals surface area contributed by atoms with Crippen molar-refractivity contribution in [3.63, 3.8) is 0 Å². The number of benzene rings is 2. The average Bonchev–Trinajstić information content (AvgIpc) is 2.80. The van der Waals surface area contributed by atoms with Gasteiger partial charge < -0.3 is 15.1 Å². The highest BCUT2D eigenvalue weighted by molar-refractivity contribution is 7.92. The fraction of sp³-hybridized carbons (Fsp3) is 0.190. The zero-order valence-corrected chi connectivity index (χ0v) is 18.6. The Kier molecular flexibility index (Phi) is 6.47. The molecule has 0 amide bonds. The van der Waals surface area contributed by atoms with Gasteiger partial charge in [0.05, 0.1) is 10.6 Å². The smallest absolute Gasteiger partial charge is 0.264 e. The summed E-state index contributed by atoms with van der Waals surface area (Å²) in [6, 6.07) is 14.6. The van der Waals surface area contributed by atoms with Gasteiger partial charge in [-0.1, -0.05) is 12.1 Å². The summed E-state index contributed by atoms with van der Waals surface area (Å²) in [6.45, 7) is 2.58. The molecule has 1 aliphatic heterocycles. The summed E-state index contributed by atoms with van der Waals surface area (Å²) in [5.74, 6) is -0.226. The first-order valence-corrected chi connectivity index (χ1v) is 11.8. The Morgan fingerprint density at radius 1 is 0.938 bits per heavy atom. The number of nitrogens with zero attached hydrogens (tertiary/aromatic N) is 4. The number of rotatable bonds is 5. The van der Waals surface area contributed by atoms with Crippen LogP contribution in [0.25, 0.3) is 0 Å². The monoisotopic (exact) mass is 472 g/mol. The molecule has 11 heteroatoms. The van der Waals surface area contributed by atoms with Gasteiger partial charge in [-0.15, -0.1) is 0 Å². The zero-order valence-electron chi connectivity index (χ0n) is 17.0. The molecule has 2 aromatic carbocycles. The summed E-state index contributed by atoms with van der Waals surface area (Å²) < 4.78 is 41.3. The predicted octanol–water partition coefficient (Wildman–Crippen LogP) is 2.94. The first-order chi connectivity index (χ1) is 15.4. The maximum absolute atomic E-state index is 14.0. The van der Waals surface area contributed by atoms with Crippen LogP contribution in [0.3, 0.4) is 0 Å². The van der Waals surface area contributed by atoms with Crippen molar-refractivity contribution in [1.29, 1.82) is 0 Å². The molecule has 8 nitrogen and oxygen atoms in total. The van der Waals surface area contributed by atoms with Crippen LogP contribution in [-0.2, 0) is 10.0 Å². The molecular weight excluding hydrogens is 451 g/mol. The summed E-state index contributed by atoms with van der Waals surface area (Å²) in [4.78, 5) is 11.8. The second-order valence-corrected chi connectivity index (χ2v) is 9.13. The molecule has 0 radical (unpaired) electrons. The van der Waals surface area contributed by atoms with E-state index in [9.17, 15) is 12.8 Å². The molecule has 1 aliphatic rings. The van der Waals surface area contributed by atoms with Crippen LogP contribution in [0.4, 0.5) is 21.7 Å². The summed E-state index contributed by atoms with van der Waals surface area (Å²) in [5, 5.41) is 3.66. The Balaban J connectivity index is 1.34. The highest BCUT2D eigenvalue weighted by Gasteiger charge is 2.21. The quantitative estimate of drug-likeness (QED) is 0.548. The third-order valence-corrected chi connectivity index (χ3v) is 6.67. The molecule has 3 aromatic rings. The van der Waals surface area contributed by atoms with Crippen molar-refractivity contribution < 1.29 is 12.8 Å². The standard InChI is InChI=1S/C21H21FN6O2S2/c22-18-4-1-2-5-19(18)27-12-14-28(15-13-27)21(31)25-16-6-8-17(9-7-16)32(29,30)26-20-23-10-3-11-24-20/h1-11H,12-15H2,(H,25,31)(H,23,24,26). The van der Waals surface area contributed by atoms with Gasteiger partial charge in [0.2, 0.25) is 5.95 Å². The molecule has 166 valence electrons. The van der Waals surface area contributed by atoms with Gasteiger partial charge in [0.25, 0.3) is 10.0 Å². The lowest BCUT2D eigenvalue weighted by molar-refractivity contribution is 0.388. The number of nitrogens with one attached hydrogen (secondary N) is 2. The SMILES string of the molecule is O=S(=O)(Nc1ncccn1)c1ccc(NC(=S)N2CCN(c3ccccc3F)CC2)cc1. The van der Waals surface area contributed by atoms with E-state index in [2.05, 4.69) is 20.0 Å². The third-order valence-electron chi connectivity index (χ3n) is 4.97. The highest BCUT2D eigenvalue weighted by atomic mass is 32.2.